The third-order valence-corrected chi connectivity index (χ3v) is 0.951. The lowest BCUT2D eigenvalue weighted by atomic mass is 11.3. The van der Waals surface area contributed by atoms with Crippen molar-refractivity contribution < 1.29 is 9.53 Å². The van der Waals surface area contributed by atoms with Crippen LogP contribution in [0, 0.1) is 0 Å². The standard InChI is InChI=1S/C2H3NO2S/c4-2-5-1-3-6-2/h3H,1H2. The number of cyclic esters (lactones) is 1. The molecule has 1 N–H and O–H groups in total. The second-order valence-corrected chi connectivity index (χ2v) is 1.61. The maximum absolute atomic E-state index is 9.92. The van der Waals surface area contributed by atoms with Crippen LogP contribution in [-0.4, -0.2) is 12.0 Å². The molecule has 1 fully saturated rings. The van der Waals surface area contributed by atoms with Crippen molar-refractivity contribution in [1.82, 2.24) is 4.72 Å². The Balaban J connectivity index is 2.37. The lowest BCUT2D eigenvalue weighted by molar-refractivity contribution is 0.183. The van der Waals surface area contributed by atoms with E-state index < -0.39 is 0 Å². The van der Waals surface area contributed by atoms with Gasteiger partial charge < -0.3 is 4.74 Å². The van der Waals surface area contributed by atoms with Gasteiger partial charge in [0.15, 0.2) is 6.73 Å². The van der Waals surface area contributed by atoms with Crippen LogP contribution in [0.15, 0.2) is 0 Å². The van der Waals surface area contributed by atoms with E-state index in [1.807, 2.05) is 0 Å². The van der Waals surface area contributed by atoms with Crippen molar-refractivity contribution in [2.75, 3.05) is 6.73 Å². The van der Waals surface area contributed by atoms with Crippen LogP contribution in [0.25, 0.3) is 0 Å². The SMILES string of the molecule is O=C1OCNS1. The molecule has 0 atom stereocenters. The predicted molar refractivity (Wildman–Crippen MR) is 22.1 cm³/mol. The highest BCUT2D eigenvalue weighted by molar-refractivity contribution is 8.11. The highest BCUT2D eigenvalue weighted by Crippen LogP contribution is 2.04. The predicted octanol–water partition coefficient (Wildman–Crippen LogP) is 0.332. The lowest BCUT2D eigenvalue weighted by Crippen LogP contribution is -1.94. The van der Waals surface area contributed by atoms with E-state index in [1.165, 1.54) is 0 Å². The summed E-state index contributed by atoms with van der Waals surface area (Å²) in [5, 5.41) is -0.241. The summed E-state index contributed by atoms with van der Waals surface area (Å²) in [6, 6.07) is 0. The van der Waals surface area contributed by atoms with Crippen LogP contribution in [0.3, 0.4) is 0 Å². The van der Waals surface area contributed by atoms with E-state index in [9.17, 15) is 4.79 Å². The van der Waals surface area contributed by atoms with Crippen molar-refractivity contribution in [2.45, 2.75) is 0 Å². The summed E-state index contributed by atoms with van der Waals surface area (Å²) in [5.74, 6) is 0. The summed E-state index contributed by atoms with van der Waals surface area (Å²) in [4.78, 5) is 9.92. The Morgan fingerprint density at radius 3 is 3.00 bits per heavy atom. The van der Waals surface area contributed by atoms with Gasteiger partial charge in [0.25, 0.3) is 0 Å². The van der Waals surface area contributed by atoms with Crippen molar-refractivity contribution >= 4 is 17.2 Å². The smallest absolute Gasteiger partial charge is 0.383 e. The van der Waals surface area contributed by atoms with Gasteiger partial charge in [0.2, 0.25) is 0 Å². The molecule has 0 spiro atoms. The van der Waals surface area contributed by atoms with Crippen LogP contribution in [0.4, 0.5) is 4.79 Å². The van der Waals surface area contributed by atoms with Gasteiger partial charge in [-0.25, -0.2) is 9.52 Å². The zero-order valence-electron chi connectivity index (χ0n) is 2.93. The third-order valence-electron chi connectivity index (χ3n) is 0.404. The fourth-order valence-corrected chi connectivity index (χ4v) is 0.560. The number of hydrogen-bond donors (Lipinski definition) is 1. The number of carbonyl (C=O) groups excluding carboxylic acids is 1. The van der Waals surface area contributed by atoms with E-state index in [0.29, 0.717) is 6.73 Å². The summed E-state index contributed by atoms with van der Waals surface area (Å²) in [6.45, 7) is 0.351. The highest BCUT2D eigenvalue weighted by Gasteiger charge is 2.08. The number of hydrogen-bond acceptors (Lipinski definition) is 4. The molecule has 0 bridgehead atoms. The van der Waals surface area contributed by atoms with Gasteiger partial charge in [-0.1, -0.05) is 0 Å². The molecule has 0 aromatic carbocycles. The molecule has 1 heterocycles. The molecule has 0 aliphatic carbocycles. The average molecular weight is 105 g/mol. The molecule has 34 valence electrons. The Labute approximate surface area is 39.2 Å². The van der Waals surface area contributed by atoms with Crippen LogP contribution >= 0.6 is 11.9 Å². The molecule has 0 aromatic heterocycles. The Morgan fingerprint density at radius 2 is 2.83 bits per heavy atom. The van der Waals surface area contributed by atoms with E-state index in [4.69, 9.17) is 0 Å². The molecule has 0 unspecified atom stereocenters. The summed E-state index contributed by atoms with van der Waals surface area (Å²) in [6.07, 6.45) is 0. The van der Waals surface area contributed by atoms with Gasteiger partial charge in [-0.3, -0.25) is 0 Å². The molecule has 4 heteroatoms. The van der Waals surface area contributed by atoms with Crippen molar-refractivity contribution in [3.05, 3.63) is 0 Å². The van der Waals surface area contributed by atoms with Gasteiger partial charge in [0.05, 0.1) is 0 Å². The maximum atomic E-state index is 9.92. The first-order valence-electron chi connectivity index (χ1n) is 1.46. The van der Waals surface area contributed by atoms with Gasteiger partial charge in [0, 0.05) is 11.9 Å². The molecule has 1 aliphatic rings. The molecule has 1 aliphatic heterocycles. The molecule has 3 nitrogen and oxygen atoms in total. The Hall–Kier alpha value is -0.220. The van der Waals surface area contributed by atoms with Gasteiger partial charge in [-0.05, 0) is 0 Å². The van der Waals surface area contributed by atoms with E-state index >= 15 is 0 Å². The molecule has 1 rings (SSSR count). The molecule has 0 radical (unpaired) electrons. The van der Waals surface area contributed by atoms with Crippen LogP contribution in [0.5, 0.6) is 0 Å². The maximum Gasteiger partial charge on any atom is 0.383 e. The lowest BCUT2D eigenvalue weighted by Gasteiger charge is -1.77. The fourth-order valence-electron chi connectivity index (χ4n) is 0.206. The zero-order chi connectivity index (χ0) is 4.41. The normalized spacial score (nSPS) is 21.0. The first-order valence-corrected chi connectivity index (χ1v) is 2.28. The summed E-state index contributed by atoms with van der Waals surface area (Å²) in [7, 11) is 0. The van der Waals surface area contributed by atoms with Crippen LogP contribution < -0.4 is 4.72 Å². The van der Waals surface area contributed by atoms with E-state index in [1.54, 1.807) is 0 Å². The Morgan fingerprint density at radius 1 is 2.00 bits per heavy atom. The first-order chi connectivity index (χ1) is 2.89. The molecule has 6 heavy (non-hydrogen) atoms. The second kappa shape index (κ2) is 1.49. The minimum Gasteiger partial charge on any atom is -0.440 e. The van der Waals surface area contributed by atoms with Gasteiger partial charge in [-0.2, -0.15) is 0 Å². The van der Waals surface area contributed by atoms with Crippen molar-refractivity contribution in [3.8, 4) is 0 Å². The summed E-state index contributed by atoms with van der Waals surface area (Å²) in [5.41, 5.74) is 0. The number of ether oxygens (including phenoxy) is 1. The number of carbonyl (C=O) groups is 1. The van der Waals surface area contributed by atoms with Gasteiger partial charge >= 0.3 is 5.30 Å². The topological polar surface area (TPSA) is 38.3 Å². The zero-order valence-corrected chi connectivity index (χ0v) is 3.75. The van der Waals surface area contributed by atoms with Gasteiger partial charge in [0.1, 0.15) is 0 Å². The van der Waals surface area contributed by atoms with Crippen LogP contribution in [0.1, 0.15) is 0 Å². The molecule has 1 saturated heterocycles. The first kappa shape index (κ1) is 3.95. The van der Waals surface area contributed by atoms with Crippen molar-refractivity contribution in [1.29, 1.82) is 0 Å². The summed E-state index contributed by atoms with van der Waals surface area (Å²) >= 11 is 0.986. The Kier molecular flexibility index (Phi) is 0.979. The van der Waals surface area contributed by atoms with E-state index in [-0.39, 0.29) is 5.30 Å². The van der Waals surface area contributed by atoms with E-state index in [2.05, 4.69) is 9.46 Å². The third kappa shape index (κ3) is 0.636. The van der Waals surface area contributed by atoms with Crippen molar-refractivity contribution in [2.24, 2.45) is 0 Å². The summed E-state index contributed by atoms with van der Waals surface area (Å²) < 4.78 is 6.98. The highest BCUT2D eigenvalue weighted by atomic mass is 32.2. The molecular formula is C2H3NO2S. The molecule has 0 aromatic rings. The fraction of sp³-hybridized carbons (Fsp3) is 0.500. The quantitative estimate of drug-likeness (QED) is 0.356. The number of nitrogens with one attached hydrogen (secondary N) is 1. The Bertz CT molecular complexity index is 65.9. The molecule has 0 amide bonds. The molecule has 0 saturated carbocycles. The van der Waals surface area contributed by atoms with Crippen molar-refractivity contribution in [3.63, 3.8) is 0 Å². The minimum atomic E-state index is -0.241. The number of rotatable bonds is 0. The second-order valence-electron chi connectivity index (χ2n) is 0.785. The van der Waals surface area contributed by atoms with Gasteiger partial charge in [-0.15, -0.1) is 0 Å². The van der Waals surface area contributed by atoms with E-state index in [0.717, 1.165) is 11.9 Å². The minimum absolute atomic E-state index is 0.241. The molecular weight excluding hydrogens is 102 g/mol. The monoisotopic (exact) mass is 105 g/mol. The van der Waals surface area contributed by atoms with Crippen LogP contribution in [0.2, 0.25) is 0 Å². The average Bonchev–Trinajstić information content (AvgIpc) is 1.86. The van der Waals surface area contributed by atoms with Crippen LogP contribution in [-0.2, 0) is 4.74 Å². The largest absolute Gasteiger partial charge is 0.440 e.